The predicted octanol–water partition coefficient (Wildman–Crippen LogP) is -1.76. The number of hydrogen-bond donors (Lipinski definition) is 9. The zero-order valence-corrected chi connectivity index (χ0v) is 23.3. The largest absolute Gasteiger partial charge is 0.480 e. The maximum Gasteiger partial charge on any atom is 0.326 e. The number of aliphatic carboxylic acids is 1. The van der Waals surface area contributed by atoms with Crippen LogP contribution >= 0.6 is 0 Å². The van der Waals surface area contributed by atoms with Crippen LogP contribution in [0.1, 0.15) is 50.5 Å². The van der Waals surface area contributed by atoms with Crippen LogP contribution in [-0.2, 0) is 35.2 Å². The topological polar surface area (TPSA) is 279 Å². The fourth-order valence-corrected chi connectivity index (χ4v) is 4.31. The molecule has 1 aromatic heterocycles. The van der Waals surface area contributed by atoms with Crippen molar-refractivity contribution in [3.8, 4) is 0 Å². The van der Waals surface area contributed by atoms with E-state index in [2.05, 4.69) is 20.9 Å². The quantitative estimate of drug-likeness (QED) is 0.0839. The minimum atomic E-state index is -1.47. The standard InChI is InChI=1S/C27H40N8O7/c28-12-4-3-7-19(33-24(38)17(29)13-15-14-32-18-6-2-1-5-16(15)18)25(39)34-20(8-10-22(30)36)26(40)35-21(27(41)42)9-11-23(31)37/h1-2,5-6,14,17,19-21,32H,3-4,7-13,28-29H2,(H2,30,36)(H2,31,37)(H,33,38)(H,34,39)(H,35,40)(H,41,42). The highest BCUT2D eigenvalue weighted by molar-refractivity contribution is 5.94. The maximum absolute atomic E-state index is 13.3. The molecule has 0 aliphatic carbocycles. The zero-order chi connectivity index (χ0) is 31.2. The molecule has 13 N–H and O–H groups in total. The summed E-state index contributed by atoms with van der Waals surface area (Å²) < 4.78 is 0. The Labute approximate surface area is 242 Å². The van der Waals surface area contributed by atoms with Crippen LogP contribution in [0.5, 0.6) is 0 Å². The van der Waals surface area contributed by atoms with E-state index in [1.54, 1.807) is 6.20 Å². The van der Waals surface area contributed by atoms with Crippen molar-refractivity contribution in [3.05, 3.63) is 36.0 Å². The lowest BCUT2D eigenvalue weighted by molar-refractivity contribution is -0.142. The molecule has 2 aromatic rings. The summed E-state index contributed by atoms with van der Waals surface area (Å²) in [7, 11) is 0. The molecule has 0 fully saturated rings. The number of nitrogens with one attached hydrogen (secondary N) is 4. The van der Waals surface area contributed by atoms with E-state index in [-0.39, 0.29) is 38.5 Å². The van der Waals surface area contributed by atoms with Gasteiger partial charge >= 0.3 is 5.97 Å². The highest BCUT2D eigenvalue weighted by atomic mass is 16.4. The number of carbonyl (C=O) groups excluding carboxylic acids is 5. The van der Waals surface area contributed by atoms with Crippen molar-refractivity contribution in [2.45, 2.75) is 75.5 Å². The molecule has 0 bridgehead atoms. The molecule has 0 radical (unpaired) electrons. The van der Waals surface area contributed by atoms with Crippen molar-refractivity contribution in [1.82, 2.24) is 20.9 Å². The molecule has 42 heavy (non-hydrogen) atoms. The van der Waals surface area contributed by atoms with Crippen LogP contribution in [0.3, 0.4) is 0 Å². The summed E-state index contributed by atoms with van der Waals surface area (Å²) in [4.78, 5) is 76.5. The van der Waals surface area contributed by atoms with Crippen LogP contribution in [0.4, 0.5) is 0 Å². The van der Waals surface area contributed by atoms with Gasteiger partial charge in [-0.25, -0.2) is 4.79 Å². The summed E-state index contributed by atoms with van der Waals surface area (Å²) in [5.74, 6) is -5.17. The summed E-state index contributed by atoms with van der Waals surface area (Å²) in [6.07, 6.45) is 2.05. The second-order valence-corrected chi connectivity index (χ2v) is 9.99. The number of para-hydroxylation sites is 1. The van der Waals surface area contributed by atoms with Gasteiger partial charge in [0.1, 0.15) is 18.1 Å². The van der Waals surface area contributed by atoms with Crippen LogP contribution < -0.4 is 38.9 Å². The number of fused-ring (bicyclic) bond motifs is 1. The average Bonchev–Trinajstić information content (AvgIpc) is 3.34. The van der Waals surface area contributed by atoms with Crippen molar-refractivity contribution < 1.29 is 33.9 Å². The molecule has 0 aliphatic rings. The molecule has 15 heteroatoms. The van der Waals surface area contributed by atoms with Gasteiger partial charge in [-0.15, -0.1) is 0 Å². The second kappa shape index (κ2) is 16.7. The molecular weight excluding hydrogens is 548 g/mol. The van der Waals surface area contributed by atoms with Gasteiger partial charge in [0, 0.05) is 29.9 Å². The Hall–Kier alpha value is -4.50. The van der Waals surface area contributed by atoms with Crippen LogP contribution in [0.15, 0.2) is 30.5 Å². The summed E-state index contributed by atoms with van der Waals surface area (Å²) >= 11 is 0. The van der Waals surface area contributed by atoms with Crippen molar-refractivity contribution in [1.29, 1.82) is 0 Å². The van der Waals surface area contributed by atoms with Gasteiger partial charge in [0.05, 0.1) is 6.04 Å². The Kier molecular flexibility index (Phi) is 13.4. The van der Waals surface area contributed by atoms with Crippen molar-refractivity contribution in [2.24, 2.45) is 22.9 Å². The first-order valence-electron chi connectivity index (χ1n) is 13.6. The van der Waals surface area contributed by atoms with E-state index in [1.165, 1.54) is 0 Å². The lowest BCUT2D eigenvalue weighted by atomic mass is 10.0. The van der Waals surface area contributed by atoms with Gasteiger partial charge in [-0.1, -0.05) is 18.2 Å². The van der Waals surface area contributed by atoms with Gasteiger partial charge in [0.15, 0.2) is 0 Å². The fourth-order valence-electron chi connectivity index (χ4n) is 4.31. The Morgan fingerprint density at radius 1 is 0.786 bits per heavy atom. The van der Waals surface area contributed by atoms with E-state index in [0.717, 1.165) is 16.5 Å². The maximum atomic E-state index is 13.3. The van der Waals surface area contributed by atoms with Gasteiger partial charge in [-0.2, -0.15) is 0 Å². The Morgan fingerprint density at radius 3 is 1.93 bits per heavy atom. The number of aromatic amines is 1. The normalized spacial score (nSPS) is 13.9. The molecule has 1 aromatic carbocycles. The van der Waals surface area contributed by atoms with Crippen molar-refractivity contribution in [3.63, 3.8) is 0 Å². The van der Waals surface area contributed by atoms with E-state index in [4.69, 9.17) is 22.9 Å². The van der Waals surface area contributed by atoms with Gasteiger partial charge in [0.2, 0.25) is 29.5 Å². The Morgan fingerprint density at radius 2 is 1.33 bits per heavy atom. The third-order valence-electron chi connectivity index (χ3n) is 6.64. The van der Waals surface area contributed by atoms with E-state index in [9.17, 15) is 33.9 Å². The SMILES string of the molecule is NCCCCC(NC(=O)C(N)Cc1c[nH]c2ccccc12)C(=O)NC(CCC(N)=O)C(=O)NC(CCC(N)=O)C(=O)O. The fraction of sp³-hybridized carbons (Fsp3) is 0.481. The molecule has 0 saturated heterocycles. The van der Waals surface area contributed by atoms with E-state index in [1.807, 2.05) is 24.3 Å². The van der Waals surface area contributed by atoms with E-state index < -0.39 is 59.7 Å². The Bertz CT molecular complexity index is 1260. The molecule has 1 heterocycles. The molecule has 5 amide bonds. The molecule has 2 rings (SSSR count). The monoisotopic (exact) mass is 588 g/mol. The second-order valence-electron chi connectivity index (χ2n) is 9.99. The Balaban J connectivity index is 2.15. The number of nitrogens with two attached hydrogens (primary N) is 4. The molecule has 0 aliphatic heterocycles. The lowest BCUT2D eigenvalue weighted by Crippen LogP contribution is -2.57. The smallest absolute Gasteiger partial charge is 0.326 e. The molecule has 4 atom stereocenters. The summed E-state index contributed by atoms with van der Waals surface area (Å²) in [6, 6.07) is 2.59. The van der Waals surface area contributed by atoms with Crippen molar-refractivity contribution in [2.75, 3.05) is 6.54 Å². The van der Waals surface area contributed by atoms with Gasteiger partial charge in [-0.3, -0.25) is 24.0 Å². The average molecular weight is 589 g/mol. The van der Waals surface area contributed by atoms with Gasteiger partial charge in [-0.05, 0) is 56.7 Å². The van der Waals surface area contributed by atoms with E-state index >= 15 is 0 Å². The first kappa shape index (κ1) is 33.7. The third kappa shape index (κ3) is 10.8. The first-order valence-corrected chi connectivity index (χ1v) is 13.6. The zero-order valence-electron chi connectivity index (χ0n) is 23.3. The van der Waals surface area contributed by atoms with Gasteiger partial charge < -0.3 is 49.0 Å². The molecule has 0 spiro atoms. The number of primary amides is 2. The number of aromatic nitrogens is 1. The first-order chi connectivity index (χ1) is 19.9. The van der Waals surface area contributed by atoms with Crippen LogP contribution in [0.2, 0.25) is 0 Å². The number of carboxylic acid groups (broad SMARTS) is 1. The number of benzene rings is 1. The number of carbonyl (C=O) groups is 6. The number of unbranched alkanes of at least 4 members (excludes halogenated alkanes) is 1. The number of H-pyrrole nitrogens is 1. The van der Waals surface area contributed by atoms with Crippen LogP contribution in [-0.4, -0.2) is 76.3 Å². The number of rotatable bonds is 19. The summed E-state index contributed by atoms with van der Waals surface area (Å²) in [6.45, 7) is 0.355. The molecular formula is C27H40N8O7. The summed E-state index contributed by atoms with van der Waals surface area (Å²) in [5, 5.41) is 17.7. The molecule has 230 valence electrons. The minimum Gasteiger partial charge on any atom is -0.480 e. The highest BCUT2D eigenvalue weighted by Crippen LogP contribution is 2.19. The number of carboxylic acids is 1. The lowest BCUT2D eigenvalue weighted by Gasteiger charge is -2.25. The highest BCUT2D eigenvalue weighted by Gasteiger charge is 2.30. The number of amides is 5. The molecule has 15 nitrogen and oxygen atoms in total. The summed E-state index contributed by atoms with van der Waals surface area (Å²) in [5.41, 5.74) is 23.8. The van der Waals surface area contributed by atoms with Crippen LogP contribution in [0.25, 0.3) is 10.9 Å². The molecule has 0 saturated carbocycles. The number of hydrogen-bond acceptors (Lipinski definition) is 8. The van der Waals surface area contributed by atoms with Gasteiger partial charge in [0.25, 0.3) is 0 Å². The third-order valence-corrected chi connectivity index (χ3v) is 6.64. The minimum absolute atomic E-state index is 0.176. The van der Waals surface area contributed by atoms with Crippen LogP contribution in [0, 0.1) is 0 Å². The molecule has 4 unspecified atom stereocenters. The predicted molar refractivity (Wildman–Crippen MR) is 153 cm³/mol. The van der Waals surface area contributed by atoms with E-state index in [0.29, 0.717) is 19.4 Å². The van der Waals surface area contributed by atoms with Crippen molar-refractivity contribution >= 4 is 46.4 Å².